The van der Waals surface area contributed by atoms with Gasteiger partial charge in [0, 0.05) is 6.04 Å². The van der Waals surface area contributed by atoms with Gasteiger partial charge in [0.25, 0.3) is 0 Å². The molecular formula is C7H13BrN2. The van der Waals surface area contributed by atoms with Crippen LogP contribution >= 0.6 is 15.9 Å². The maximum absolute atomic E-state index is 5.50. The molecular weight excluding hydrogens is 192 g/mol. The fourth-order valence-corrected chi connectivity index (χ4v) is 1.14. The molecule has 0 aromatic heterocycles. The highest BCUT2D eigenvalue weighted by Gasteiger charge is 1.90. The van der Waals surface area contributed by atoms with E-state index in [1.807, 2.05) is 19.1 Å². The molecule has 3 heteroatoms. The van der Waals surface area contributed by atoms with E-state index in [0.29, 0.717) is 0 Å². The predicted molar refractivity (Wildman–Crippen MR) is 48.6 cm³/mol. The van der Waals surface area contributed by atoms with Gasteiger partial charge < -0.3 is 11.5 Å². The minimum Gasteiger partial charge on any atom is -0.405 e. The van der Waals surface area contributed by atoms with Crippen LogP contribution in [0.5, 0.6) is 0 Å². The summed E-state index contributed by atoms with van der Waals surface area (Å²) in [5, 5.41) is 0. The van der Waals surface area contributed by atoms with Crippen molar-refractivity contribution in [2.45, 2.75) is 19.4 Å². The Morgan fingerprint density at radius 2 is 2.30 bits per heavy atom. The standard InChI is InChI=1S/C7H13BrN2/c1-6(10)5-7(8)3-2-4-9/h2,4-6H,3,9-10H2,1H3/b4-2-,7-5+. The first kappa shape index (κ1) is 9.72. The summed E-state index contributed by atoms with van der Waals surface area (Å²) in [6, 6.07) is 0.0977. The topological polar surface area (TPSA) is 52.0 Å². The van der Waals surface area contributed by atoms with Crippen LogP contribution in [0.1, 0.15) is 13.3 Å². The largest absolute Gasteiger partial charge is 0.405 e. The number of allylic oxidation sites excluding steroid dienone is 2. The molecule has 0 aliphatic rings. The summed E-state index contributed by atoms with van der Waals surface area (Å²) >= 11 is 3.35. The van der Waals surface area contributed by atoms with Crippen molar-refractivity contribution in [2.75, 3.05) is 0 Å². The minimum absolute atomic E-state index is 0.0977. The van der Waals surface area contributed by atoms with Crippen molar-refractivity contribution >= 4 is 15.9 Å². The average Bonchev–Trinajstić information content (AvgIpc) is 1.82. The summed E-state index contributed by atoms with van der Waals surface area (Å²) in [5.41, 5.74) is 10.7. The normalized spacial score (nSPS) is 16.1. The Kier molecular flexibility index (Phi) is 5.35. The summed E-state index contributed by atoms with van der Waals surface area (Å²) in [7, 11) is 0. The Hall–Kier alpha value is -0.280. The first-order valence-corrected chi connectivity index (χ1v) is 3.94. The Morgan fingerprint density at radius 1 is 1.70 bits per heavy atom. The van der Waals surface area contributed by atoms with E-state index in [1.165, 1.54) is 6.20 Å². The smallest absolute Gasteiger partial charge is 0.0205 e. The van der Waals surface area contributed by atoms with Crippen LogP contribution in [-0.4, -0.2) is 6.04 Å². The molecule has 0 amide bonds. The van der Waals surface area contributed by atoms with Gasteiger partial charge in [0.05, 0.1) is 0 Å². The lowest BCUT2D eigenvalue weighted by molar-refractivity contribution is 0.919. The third-order valence-corrected chi connectivity index (χ3v) is 1.48. The van der Waals surface area contributed by atoms with Crippen LogP contribution in [0.4, 0.5) is 0 Å². The molecule has 0 saturated carbocycles. The lowest BCUT2D eigenvalue weighted by Gasteiger charge is -1.96. The number of nitrogens with two attached hydrogens (primary N) is 2. The van der Waals surface area contributed by atoms with Gasteiger partial charge in [-0.3, -0.25) is 0 Å². The Bertz CT molecular complexity index is 139. The molecule has 0 radical (unpaired) electrons. The molecule has 4 N–H and O–H groups in total. The van der Waals surface area contributed by atoms with Crippen molar-refractivity contribution < 1.29 is 0 Å². The maximum Gasteiger partial charge on any atom is 0.0205 e. The van der Waals surface area contributed by atoms with Crippen LogP contribution in [0.2, 0.25) is 0 Å². The van der Waals surface area contributed by atoms with Gasteiger partial charge in [-0.2, -0.15) is 0 Å². The molecule has 0 aliphatic carbocycles. The van der Waals surface area contributed by atoms with Gasteiger partial charge in [-0.15, -0.1) is 0 Å². The van der Waals surface area contributed by atoms with Crippen LogP contribution in [0.15, 0.2) is 22.8 Å². The fraction of sp³-hybridized carbons (Fsp3) is 0.429. The molecule has 0 aliphatic heterocycles. The van der Waals surface area contributed by atoms with Crippen LogP contribution < -0.4 is 11.5 Å². The van der Waals surface area contributed by atoms with Gasteiger partial charge in [-0.25, -0.2) is 0 Å². The van der Waals surface area contributed by atoms with E-state index >= 15 is 0 Å². The average molecular weight is 205 g/mol. The number of hydrogen-bond donors (Lipinski definition) is 2. The highest BCUT2D eigenvalue weighted by atomic mass is 79.9. The highest BCUT2D eigenvalue weighted by Crippen LogP contribution is 2.10. The van der Waals surface area contributed by atoms with Crippen molar-refractivity contribution in [1.29, 1.82) is 0 Å². The molecule has 0 saturated heterocycles. The second-order valence-electron chi connectivity index (χ2n) is 2.10. The van der Waals surface area contributed by atoms with Crippen molar-refractivity contribution in [3.63, 3.8) is 0 Å². The second-order valence-corrected chi connectivity index (χ2v) is 3.12. The summed E-state index contributed by atoms with van der Waals surface area (Å²) in [4.78, 5) is 0. The Labute approximate surface area is 70.1 Å². The minimum atomic E-state index is 0.0977. The van der Waals surface area contributed by atoms with Gasteiger partial charge in [0.15, 0.2) is 0 Å². The fourth-order valence-electron chi connectivity index (χ4n) is 0.534. The molecule has 1 unspecified atom stereocenters. The van der Waals surface area contributed by atoms with E-state index < -0.39 is 0 Å². The Balaban J connectivity index is 3.71. The zero-order chi connectivity index (χ0) is 7.98. The molecule has 0 fully saturated rings. The molecule has 0 spiro atoms. The molecule has 0 aromatic rings. The van der Waals surface area contributed by atoms with Gasteiger partial charge in [-0.1, -0.05) is 28.1 Å². The van der Waals surface area contributed by atoms with Crippen LogP contribution in [0.3, 0.4) is 0 Å². The van der Waals surface area contributed by atoms with E-state index in [-0.39, 0.29) is 6.04 Å². The van der Waals surface area contributed by atoms with E-state index in [2.05, 4.69) is 15.9 Å². The molecule has 1 atom stereocenters. The molecule has 58 valence electrons. The first-order valence-electron chi connectivity index (χ1n) is 3.15. The SMILES string of the molecule is CC(N)/C=C(/Br)C/C=C\N. The van der Waals surface area contributed by atoms with E-state index in [9.17, 15) is 0 Å². The third kappa shape index (κ3) is 5.85. The molecule has 2 nitrogen and oxygen atoms in total. The third-order valence-electron chi connectivity index (χ3n) is 0.893. The molecule has 10 heavy (non-hydrogen) atoms. The van der Waals surface area contributed by atoms with Gasteiger partial charge >= 0.3 is 0 Å². The van der Waals surface area contributed by atoms with Crippen LogP contribution in [0, 0.1) is 0 Å². The van der Waals surface area contributed by atoms with Crippen molar-refractivity contribution in [1.82, 2.24) is 0 Å². The second kappa shape index (κ2) is 5.50. The van der Waals surface area contributed by atoms with Crippen molar-refractivity contribution in [2.24, 2.45) is 11.5 Å². The summed E-state index contributed by atoms with van der Waals surface area (Å²) in [5.74, 6) is 0. The summed E-state index contributed by atoms with van der Waals surface area (Å²) in [6.07, 6.45) is 6.15. The van der Waals surface area contributed by atoms with E-state index in [1.54, 1.807) is 0 Å². The maximum atomic E-state index is 5.50. The Morgan fingerprint density at radius 3 is 2.70 bits per heavy atom. The first-order chi connectivity index (χ1) is 4.66. The number of halogens is 1. The highest BCUT2D eigenvalue weighted by molar-refractivity contribution is 9.11. The molecule has 0 rings (SSSR count). The van der Waals surface area contributed by atoms with Crippen molar-refractivity contribution in [3.05, 3.63) is 22.8 Å². The van der Waals surface area contributed by atoms with Gasteiger partial charge in [-0.05, 0) is 24.0 Å². The predicted octanol–water partition coefficient (Wildman–Crippen LogP) is 1.47. The lowest BCUT2D eigenvalue weighted by Crippen LogP contribution is -2.10. The van der Waals surface area contributed by atoms with Gasteiger partial charge in [0.1, 0.15) is 0 Å². The van der Waals surface area contributed by atoms with E-state index in [0.717, 1.165) is 10.9 Å². The molecule has 0 bridgehead atoms. The molecule has 0 heterocycles. The van der Waals surface area contributed by atoms with Crippen LogP contribution in [-0.2, 0) is 0 Å². The number of hydrogen-bond acceptors (Lipinski definition) is 2. The summed E-state index contributed by atoms with van der Waals surface area (Å²) < 4.78 is 1.07. The van der Waals surface area contributed by atoms with Gasteiger partial charge in [0.2, 0.25) is 0 Å². The molecule has 0 aromatic carbocycles. The number of rotatable bonds is 3. The van der Waals surface area contributed by atoms with Crippen molar-refractivity contribution in [3.8, 4) is 0 Å². The lowest BCUT2D eigenvalue weighted by atomic mass is 10.3. The zero-order valence-electron chi connectivity index (χ0n) is 6.05. The quantitative estimate of drug-likeness (QED) is 0.733. The van der Waals surface area contributed by atoms with E-state index in [4.69, 9.17) is 11.5 Å². The zero-order valence-corrected chi connectivity index (χ0v) is 7.64. The monoisotopic (exact) mass is 204 g/mol. The van der Waals surface area contributed by atoms with Crippen LogP contribution in [0.25, 0.3) is 0 Å². The summed E-state index contributed by atoms with van der Waals surface area (Å²) in [6.45, 7) is 1.92.